The predicted octanol–water partition coefficient (Wildman–Crippen LogP) is 8.55. The Hall–Kier alpha value is -0.640. The van der Waals surface area contributed by atoms with Gasteiger partial charge in [0.05, 0.1) is 13.2 Å². The van der Waals surface area contributed by atoms with Crippen LogP contribution in [-0.4, -0.2) is 37.6 Å². The number of hydrogen-bond donors (Lipinski definition) is 1. The standard InChI is InChI=1S/C29H56O3/c1-3-5-7-9-11-12-13-14-15-16-17-18-19-20-22-24-26-32-28-29(30)27-31-25-23-21-10-8-6-4-2/h11-12,14-15,29-30H,3-10,13,16-28H2,1-2H3/b12-11-,15-14-/t29-/m1/s1. The van der Waals surface area contributed by atoms with Gasteiger partial charge >= 0.3 is 0 Å². The summed E-state index contributed by atoms with van der Waals surface area (Å²) >= 11 is 0. The number of unbranched alkanes of at least 4 members (excludes halogenated alkanes) is 14. The van der Waals surface area contributed by atoms with E-state index < -0.39 is 6.10 Å². The molecule has 1 atom stereocenters. The third-order valence-corrected chi connectivity index (χ3v) is 5.75. The molecule has 0 radical (unpaired) electrons. The Morgan fingerprint density at radius 2 is 0.938 bits per heavy atom. The summed E-state index contributed by atoms with van der Waals surface area (Å²) in [5, 5.41) is 9.90. The molecule has 0 saturated heterocycles. The van der Waals surface area contributed by atoms with E-state index in [4.69, 9.17) is 9.47 Å². The van der Waals surface area contributed by atoms with Crippen LogP contribution in [0, 0.1) is 0 Å². The van der Waals surface area contributed by atoms with Crippen LogP contribution < -0.4 is 0 Å². The molecule has 32 heavy (non-hydrogen) atoms. The van der Waals surface area contributed by atoms with Crippen molar-refractivity contribution < 1.29 is 14.6 Å². The van der Waals surface area contributed by atoms with Gasteiger partial charge in [0.15, 0.2) is 0 Å². The van der Waals surface area contributed by atoms with Gasteiger partial charge in [-0.1, -0.05) is 109 Å². The highest BCUT2D eigenvalue weighted by molar-refractivity contribution is 4.92. The van der Waals surface area contributed by atoms with Gasteiger partial charge in [-0.25, -0.2) is 0 Å². The molecule has 0 spiro atoms. The Bertz CT molecular complexity index is 392. The quantitative estimate of drug-likeness (QED) is 0.105. The van der Waals surface area contributed by atoms with Crippen molar-refractivity contribution in [1.82, 2.24) is 0 Å². The van der Waals surface area contributed by atoms with Gasteiger partial charge in [0.2, 0.25) is 0 Å². The molecule has 0 bridgehead atoms. The van der Waals surface area contributed by atoms with Crippen LogP contribution in [0.15, 0.2) is 24.3 Å². The normalized spacial score (nSPS) is 13.0. The van der Waals surface area contributed by atoms with Crippen LogP contribution in [0.2, 0.25) is 0 Å². The van der Waals surface area contributed by atoms with Crippen molar-refractivity contribution in [1.29, 1.82) is 0 Å². The highest BCUT2D eigenvalue weighted by Crippen LogP contribution is 2.09. The van der Waals surface area contributed by atoms with Crippen molar-refractivity contribution in [3.05, 3.63) is 24.3 Å². The highest BCUT2D eigenvalue weighted by Gasteiger charge is 2.04. The maximum Gasteiger partial charge on any atom is 0.101 e. The van der Waals surface area contributed by atoms with Crippen LogP contribution >= 0.6 is 0 Å². The topological polar surface area (TPSA) is 38.7 Å². The maximum absolute atomic E-state index is 9.90. The lowest BCUT2D eigenvalue weighted by Gasteiger charge is -2.12. The van der Waals surface area contributed by atoms with Gasteiger partial charge in [0, 0.05) is 13.2 Å². The molecule has 3 heteroatoms. The Morgan fingerprint density at radius 1 is 0.531 bits per heavy atom. The first kappa shape index (κ1) is 31.4. The van der Waals surface area contributed by atoms with E-state index >= 15 is 0 Å². The van der Waals surface area contributed by atoms with E-state index in [1.54, 1.807) is 0 Å². The van der Waals surface area contributed by atoms with E-state index in [1.807, 2.05) is 0 Å². The molecule has 0 aromatic carbocycles. The lowest BCUT2D eigenvalue weighted by Crippen LogP contribution is -2.22. The fraction of sp³-hybridized carbons (Fsp3) is 0.862. The monoisotopic (exact) mass is 452 g/mol. The van der Waals surface area contributed by atoms with Gasteiger partial charge in [0.1, 0.15) is 6.10 Å². The minimum absolute atomic E-state index is 0.400. The van der Waals surface area contributed by atoms with Crippen LogP contribution in [0.1, 0.15) is 129 Å². The summed E-state index contributed by atoms with van der Waals surface area (Å²) in [6.45, 7) is 6.81. The van der Waals surface area contributed by atoms with Crippen LogP contribution in [0.4, 0.5) is 0 Å². The molecule has 0 aliphatic heterocycles. The largest absolute Gasteiger partial charge is 0.388 e. The van der Waals surface area contributed by atoms with Gasteiger partial charge < -0.3 is 14.6 Å². The van der Waals surface area contributed by atoms with Crippen LogP contribution in [-0.2, 0) is 9.47 Å². The van der Waals surface area contributed by atoms with E-state index in [1.165, 1.54) is 96.3 Å². The second-order valence-corrected chi connectivity index (χ2v) is 9.16. The zero-order valence-corrected chi connectivity index (χ0v) is 21.7. The van der Waals surface area contributed by atoms with E-state index in [0.29, 0.717) is 13.2 Å². The molecule has 190 valence electrons. The Morgan fingerprint density at radius 3 is 1.47 bits per heavy atom. The maximum atomic E-state index is 9.90. The molecule has 0 unspecified atom stereocenters. The summed E-state index contributed by atoms with van der Waals surface area (Å²) in [5.74, 6) is 0. The van der Waals surface area contributed by atoms with Gasteiger partial charge in [0.25, 0.3) is 0 Å². The third-order valence-electron chi connectivity index (χ3n) is 5.75. The van der Waals surface area contributed by atoms with E-state index in [2.05, 4.69) is 38.2 Å². The second-order valence-electron chi connectivity index (χ2n) is 9.16. The first-order valence-corrected chi connectivity index (χ1v) is 13.9. The molecule has 0 aromatic heterocycles. The molecule has 0 aromatic rings. The zero-order valence-electron chi connectivity index (χ0n) is 21.7. The first-order valence-electron chi connectivity index (χ1n) is 13.9. The number of ether oxygens (including phenoxy) is 2. The fourth-order valence-corrected chi connectivity index (χ4v) is 3.66. The fourth-order valence-electron chi connectivity index (χ4n) is 3.66. The van der Waals surface area contributed by atoms with Crippen molar-refractivity contribution in [2.24, 2.45) is 0 Å². The summed E-state index contributed by atoms with van der Waals surface area (Å²) in [5.41, 5.74) is 0. The summed E-state index contributed by atoms with van der Waals surface area (Å²) in [6.07, 6.45) is 31.5. The average Bonchev–Trinajstić information content (AvgIpc) is 2.80. The molecule has 0 aliphatic rings. The molecule has 0 amide bonds. The van der Waals surface area contributed by atoms with Gasteiger partial charge in [-0.05, 0) is 44.9 Å². The number of allylic oxidation sites excluding steroid dienone is 4. The van der Waals surface area contributed by atoms with Crippen LogP contribution in [0.5, 0.6) is 0 Å². The summed E-state index contributed by atoms with van der Waals surface area (Å²) in [6, 6.07) is 0. The first-order chi connectivity index (χ1) is 15.8. The molecule has 1 N–H and O–H groups in total. The van der Waals surface area contributed by atoms with E-state index in [-0.39, 0.29) is 0 Å². The smallest absolute Gasteiger partial charge is 0.101 e. The van der Waals surface area contributed by atoms with Gasteiger partial charge in [-0.3, -0.25) is 0 Å². The molecule has 0 aliphatic carbocycles. The van der Waals surface area contributed by atoms with E-state index in [9.17, 15) is 5.11 Å². The molecule has 0 saturated carbocycles. The molecule has 0 fully saturated rings. The number of rotatable bonds is 26. The Kier molecular flexibility index (Phi) is 27.8. The lowest BCUT2D eigenvalue weighted by atomic mass is 10.1. The van der Waals surface area contributed by atoms with Crippen LogP contribution in [0.25, 0.3) is 0 Å². The van der Waals surface area contributed by atoms with Gasteiger partial charge in [-0.15, -0.1) is 0 Å². The highest BCUT2D eigenvalue weighted by atomic mass is 16.5. The van der Waals surface area contributed by atoms with Crippen LogP contribution in [0.3, 0.4) is 0 Å². The lowest BCUT2D eigenvalue weighted by molar-refractivity contribution is -0.0201. The van der Waals surface area contributed by atoms with Crippen molar-refractivity contribution in [3.8, 4) is 0 Å². The second kappa shape index (κ2) is 28.4. The minimum Gasteiger partial charge on any atom is -0.388 e. The third kappa shape index (κ3) is 27.4. The number of aliphatic hydroxyl groups is 1. The number of hydrogen-bond acceptors (Lipinski definition) is 3. The minimum atomic E-state index is -0.486. The van der Waals surface area contributed by atoms with Crippen molar-refractivity contribution in [2.45, 2.75) is 136 Å². The van der Waals surface area contributed by atoms with Crippen molar-refractivity contribution in [3.63, 3.8) is 0 Å². The SMILES string of the molecule is CCCCC/C=C\C/C=C\CCCCCCCCOC[C@H](O)COCCCCCCCC. The van der Waals surface area contributed by atoms with E-state index in [0.717, 1.165) is 32.5 Å². The summed E-state index contributed by atoms with van der Waals surface area (Å²) < 4.78 is 11.1. The van der Waals surface area contributed by atoms with Gasteiger partial charge in [-0.2, -0.15) is 0 Å². The summed E-state index contributed by atoms with van der Waals surface area (Å²) in [4.78, 5) is 0. The molecule has 0 rings (SSSR count). The summed E-state index contributed by atoms with van der Waals surface area (Å²) in [7, 11) is 0. The predicted molar refractivity (Wildman–Crippen MR) is 140 cm³/mol. The number of aliphatic hydroxyl groups excluding tert-OH is 1. The Labute approximate surface area is 201 Å². The molecular weight excluding hydrogens is 396 g/mol. The molecule has 0 heterocycles. The zero-order chi connectivity index (χ0) is 23.4. The van der Waals surface area contributed by atoms with Crippen molar-refractivity contribution >= 4 is 0 Å². The Balaban J connectivity index is 3.21. The van der Waals surface area contributed by atoms with Crippen molar-refractivity contribution in [2.75, 3.05) is 26.4 Å². The average molecular weight is 453 g/mol. The molecular formula is C29H56O3. The molecule has 3 nitrogen and oxygen atoms in total.